The molecule has 0 aliphatic rings. The number of likely N-dealkylation sites (N-methyl/N-ethyl adjacent to an activating group) is 1. The quantitative estimate of drug-likeness (QED) is 0.773. The summed E-state index contributed by atoms with van der Waals surface area (Å²) in [7, 11) is 4.21. The molecule has 0 saturated heterocycles. The number of rotatable bonds is 6. The van der Waals surface area contributed by atoms with Gasteiger partial charge in [0.1, 0.15) is 23.9 Å². The fraction of sp³-hybridized carbons (Fsp3) is 0.500. The van der Waals surface area contributed by atoms with E-state index in [9.17, 15) is 14.4 Å². The molecule has 0 aliphatic carbocycles. The van der Waals surface area contributed by atoms with Crippen molar-refractivity contribution in [2.75, 3.05) is 27.8 Å². The van der Waals surface area contributed by atoms with E-state index >= 15 is 0 Å². The second-order valence-corrected chi connectivity index (χ2v) is 6.56. The van der Waals surface area contributed by atoms with Crippen LogP contribution in [0.15, 0.2) is 24.3 Å². The second kappa shape index (κ2) is 9.07. The van der Waals surface area contributed by atoms with E-state index in [2.05, 4.69) is 10.1 Å². The number of hydrogen-bond acceptors (Lipinski definition) is 6. The monoisotopic (exact) mass is 366 g/mol. The number of amides is 2. The molecule has 1 atom stereocenters. The van der Waals surface area contributed by atoms with E-state index in [0.717, 1.165) is 0 Å². The highest BCUT2D eigenvalue weighted by atomic mass is 16.6. The third-order valence-corrected chi connectivity index (χ3v) is 3.38. The van der Waals surface area contributed by atoms with Gasteiger partial charge in [-0.3, -0.25) is 14.5 Å². The molecule has 144 valence electrons. The lowest BCUT2D eigenvalue weighted by molar-refractivity contribution is -0.141. The number of nitrogens with zero attached hydrogens (tertiary/aromatic N) is 1. The van der Waals surface area contributed by atoms with Crippen LogP contribution in [-0.4, -0.2) is 56.3 Å². The van der Waals surface area contributed by atoms with E-state index < -0.39 is 29.6 Å². The maximum Gasteiger partial charge on any atom is 0.410 e. The lowest BCUT2D eigenvalue weighted by Crippen LogP contribution is -2.44. The minimum Gasteiger partial charge on any atom is -0.497 e. The van der Waals surface area contributed by atoms with Crippen molar-refractivity contribution >= 4 is 18.0 Å². The first-order valence-electron chi connectivity index (χ1n) is 8.03. The van der Waals surface area contributed by atoms with E-state index in [1.807, 2.05) is 0 Å². The van der Waals surface area contributed by atoms with Gasteiger partial charge in [-0.15, -0.1) is 0 Å². The summed E-state index contributed by atoms with van der Waals surface area (Å²) in [5, 5.41) is 2.46. The fourth-order valence-corrected chi connectivity index (χ4v) is 2.10. The maximum absolute atomic E-state index is 12.6. The summed E-state index contributed by atoms with van der Waals surface area (Å²) in [6.07, 6.45) is -0.661. The number of ether oxygens (including phenoxy) is 3. The first kappa shape index (κ1) is 21.3. The van der Waals surface area contributed by atoms with Crippen LogP contribution in [0.1, 0.15) is 32.4 Å². The van der Waals surface area contributed by atoms with Crippen molar-refractivity contribution in [1.82, 2.24) is 10.2 Å². The van der Waals surface area contributed by atoms with Crippen molar-refractivity contribution in [3.63, 3.8) is 0 Å². The first-order valence-corrected chi connectivity index (χ1v) is 8.03. The predicted octanol–water partition coefficient (Wildman–Crippen LogP) is 1.89. The van der Waals surface area contributed by atoms with Gasteiger partial charge in [0.2, 0.25) is 5.91 Å². The molecule has 0 saturated carbocycles. The summed E-state index contributed by atoms with van der Waals surface area (Å²) in [4.78, 5) is 37.5. The Morgan fingerprint density at radius 1 is 1.12 bits per heavy atom. The van der Waals surface area contributed by atoms with Crippen LogP contribution in [0.5, 0.6) is 5.75 Å². The average Bonchev–Trinajstić information content (AvgIpc) is 2.58. The molecule has 26 heavy (non-hydrogen) atoms. The summed E-state index contributed by atoms with van der Waals surface area (Å²) in [5.41, 5.74) is -0.167. The highest BCUT2D eigenvalue weighted by Crippen LogP contribution is 2.24. The van der Waals surface area contributed by atoms with Crippen LogP contribution in [0.2, 0.25) is 0 Å². The van der Waals surface area contributed by atoms with E-state index in [1.165, 1.54) is 26.2 Å². The van der Waals surface area contributed by atoms with Crippen LogP contribution >= 0.6 is 0 Å². The molecule has 0 bridgehead atoms. The van der Waals surface area contributed by atoms with Gasteiger partial charge >= 0.3 is 12.1 Å². The number of carbonyl (C=O) groups excluding carboxylic acids is 3. The third kappa shape index (κ3) is 6.27. The molecule has 2 amide bonds. The van der Waals surface area contributed by atoms with E-state index in [-0.39, 0.29) is 6.54 Å². The molecule has 0 aliphatic heterocycles. The van der Waals surface area contributed by atoms with E-state index in [4.69, 9.17) is 9.47 Å². The molecule has 1 rings (SSSR count). The Bertz CT molecular complexity index is 636. The van der Waals surface area contributed by atoms with Gasteiger partial charge in [0.05, 0.1) is 14.2 Å². The summed E-state index contributed by atoms with van der Waals surface area (Å²) in [6, 6.07) is 5.71. The van der Waals surface area contributed by atoms with Crippen molar-refractivity contribution in [2.24, 2.45) is 0 Å². The fourth-order valence-electron chi connectivity index (χ4n) is 2.10. The minimum absolute atomic E-state index is 0.301. The molecule has 1 N–H and O–H groups in total. The van der Waals surface area contributed by atoms with Gasteiger partial charge in [0.15, 0.2) is 0 Å². The summed E-state index contributed by atoms with van der Waals surface area (Å²) < 4.78 is 15.0. The summed E-state index contributed by atoms with van der Waals surface area (Å²) >= 11 is 0. The molecule has 1 aromatic rings. The number of nitrogens with one attached hydrogen (secondary N) is 1. The Morgan fingerprint density at radius 3 is 2.15 bits per heavy atom. The molecule has 0 heterocycles. The molecule has 0 radical (unpaired) electrons. The normalized spacial score (nSPS) is 11.9. The van der Waals surface area contributed by atoms with Crippen LogP contribution in [-0.2, 0) is 19.1 Å². The lowest BCUT2D eigenvalue weighted by Gasteiger charge is -2.30. The molecule has 8 heteroatoms. The Labute approximate surface area is 153 Å². The molecular weight excluding hydrogens is 340 g/mol. The zero-order chi connectivity index (χ0) is 19.9. The number of hydrogen-bond donors (Lipinski definition) is 1. The van der Waals surface area contributed by atoms with Gasteiger partial charge in [0, 0.05) is 7.05 Å². The number of carbonyl (C=O) groups is 3. The Kier molecular flexibility index (Phi) is 7.42. The van der Waals surface area contributed by atoms with Crippen molar-refractivity contribution in [3.8, 4) is 5.75 Å². The third-order valence-electron chi connectivity index (χ3n) is 3.38. The van der Waals surface area contributed by atoms with Crippen LogP contribution in [0.3, 0.4) is 0 Å². The lowest BCUT2D eigenvalue weighted by atomic mass is 10.0. The van der Waals surface area contributed by atoms with E-state index in [0.29, 0.717) is 11.3 Å². The molecule has 1 aromatic carbocycles. The topological polar surface area (TPSA) is 94.2 Å². The molecule has 0 aromatic heterocycles. The smallest absolute Gasteiger partial charge is 0.410 e. The van der Waals surface area contributed by atoms with Gasteiger partial charge in [-0.1, -0.05) is 12.1 Å². The molecule has 0 fully saturated rings. The number of methoxy groups -OCH3 is 2. The van der Waals surface area contributed by atoms with Crippen LogP contribution < -0.4 is 10.1 Å². The van der Waals surface area contributed by atoms with Gasteiger partial charge < -0.3 is 19.5 Å². The van der Waals surface area contributed by atoms with Gasteiger partial charge in [-0.05, 0) is 38.5 Å². The summed E-state index contributed by atoms with van der Waals surface area (Å²) in [6.45, 7) is 4.90. The van der Waals surface area contributed by atoms with Crippen molar-refractivity contribution in [3.05, 3.63) is 29.8 Å². The highest BCUT2D eigenvalue weighted by molar-refractivity contribution is 5.89. The number of benzene rings is 1. The first-order chi connectivity index (χ1) is 12.1. The number of esters is 1. The highest BCUT2D eigenvalue weighted by Gasteiger charge is 2.31. The van der Waals surface area contributed by atoms with Gasteiger partial charge in [0.25, 0.3) is 0 Å². The average molecular weight is 366 g/mol. The Morgan fingerprint density at radius 2 is 1.69 bits per heavy atom. The molecule has 0 spiro atoms. The minimum atomic E-state index is -0.986. The second-order valence-electron chi connectivity index (χ2n) is 6.56. The van der Waals surface area contributed by atoms with Gasteiger partial charge in [-0.25, -0.2) is 4.79 Å². The molecule has 1 unspecified atom stereocenters. The van der Waals surface area contributed by atoms with Crippen molar-refractivity contribution in [1.29, 1.82) is 0 Å². The van der Waals surface area contributed by atoms with Crippen LogP contribution in [0.25, 0.3) is 0 Å². The maximum atomic E-state index is 12.6. The van der Waals surface area contributed by atoms with Gasteiger partial charge in [-0.2, -0.15) is 0 Å². The van der Waals surface area contributed by atoms with E-state index in [1.54, 1.807) is 45.0 Å². The molecular formula is C18H26N2O6. The van der Waals surface area contributed by atoms with Crippen LogP contribution in [0.4, 0.5) is 4.79 Å². The zero-order valence-corrected chi connectivity index (χ0v) is 16.0. The van der Waals surface area contributed by atoms with Crippen molar-refractivity contribution in [2.45, 2.75) is 32.4 Å². The van der Waals surface area contributed by atoms with Crippen molar-refractivity contribution < 1.29 is 28.6 Å². The predicted molar refractivity (Wildman–Crippen MR) is 94.8 cm³/mol. The SMILES string of the molecule is COC(=O)CNC(=O)C(c1ccc(OC)cc1)N(C)C(=O)OC(C)(C)C. The standard InChI is InChI=1S/C18H26N2O6/c1-18(2,3)26-17(23)20(4)15(16(22)19-11-14(21)25-6)12-7-9-13(24-5)10-8-12/h7-10,15H,11H2,1-6H3,(H,19,22). The molecule has 8 nitrogen and oxygen atoms in total. The van der Waals surface area contributed by atoms with Crippen LogP contribution in [0, 0.1) is 0 Å². The largest absolute Gasteiger partial charge is 0.497 e. The Balaban J connectivity index is 3.08. The zero-order valence-electron chi connectivity index (χ0n) is 16.0. The summed E-state index contributed by atoms with van der Waals surface area (Å²) in [5.74, 6) is -0.511. The Hall–Kier alpha value is -2.77.